The molecule has 1 fully saturated rings. The van der Waals surface area contributed by atoms with E-state index in [2.05, 4.69) is 13.0 Å². The van der Waals surface area contributed by atoms with Gasteiger partial charge < -0.3 is 14.6 Å². The van der Waals surface area contributed by atoms with Crippen LogP contribution in [0.25, 0.3) is 0 Å². The van der Waals surface area contributed by atoms with Gasteiger partial charge in [0.15, 0.2) is 0 Å². The number of aliphatic hydroxyl groups excluding tert-OH is 1. The molecule has 0 aromatic heterocycles. The molecule has 3 nitrogen and oxygen atoms in total. The average Bonchev–Trinajstić information content (AvgIpc) is 2.89. The molecule has 0 heterocycles. The molecule has 2 rings (SSSR count). The molecule has 1 aromatic carbocycles. The number of aryl methyl sites for hydroxylation is 1. The lowest BCUT2D eigenvalue weighted by Gasteiger charge is -2.33. The molecule has 0 spiro atoms. The number of ether oxygens (including phenoxy) is 2. The Hall–Kier alpha value is -1.06. The zero-order valence-electron chi connectivity index (χ0n) is 12.1. The van der Waals surface area contributed by atoms with Gasteiger partial charge >= 0.3 is 0 Å². The summed E-state index contributed by atoms with van der Waals surface area (Å²) in [5.74, 6) is 0.842. The molecule has 1 unspecified atom stereocenters. The van der Waals surface area contributed by atoms with E-state index in [0.717, 1.165) is 37.0 Å². The lowest BCUT2D eigenvalue weighted by molar-refractivity contribution is -0.0972. The maximum absolute atomic E-state index is 10.6. The van der Waals surface area contributed by atoms with Crippen molar-refractivity contribution in [1.29, 1.82) is 0 Å². The van der Waals surface area contributed by atoms with Crippen LogP contribution in [0.3, 0.4) is 0 Å². The van der Waals surface area contributed by atoms with Gasteiger partial charge in [0.05, 0.1) is 18.8 Å². The summed E-state index contributed by atoms with van der Waals surface area (Å²) in [5, 5.41) is 10.6. The summed E-state index contributed by atoms with van der Waals surface area (Å²) in [6.07, 6.45) is 4.26. The molecule has 1 aromatic rings. The molecule has 3 heteroatoms. The van der Waals surface area contributed by atoms with E-state index in [4.69, 9.17) is 9.47 Å². The smallest absolute Gasteiger partial charge is 0.122 e. The van der Waals surface area contributed by atoms with Crippen LogP contribution in [0.4, 0.5) is 0 Å². The first-order valence-electron chi connectivity index (χ1n) is 6.98. The average molecular weight is 264 g/mol. The van der Waals surface area contributed by atoms with Gasteiger partial charge in [0.25, 0.3) is 0 Å². The molecule has 1 aliphatic rings. The lowest BCUT2D eigenvalue weighted by Crippen LogP contribution is -2.42. The molecule has 0 aliphatic heterocycles. The molecule has 1 N–H and O–H groups in total. The summed E-state index contributed by atoms with van der Waals surface area (Å²) in [6, 6.07) is 6.07. The molecule has 1 atom stereocenters. The molecule has 19 heavy (non-hydrogen) atoms. The number of hydrogen-bond donors (Lipinski definition) is 1. The third kappa shape index (κ3) is 2.93. The number of benzene rings is 1. The second-order valence-electron chi connectivity index (χ2n) is 5.51. The summed E-state index contributed by atoms with van der Waals surface area (Å²) in [4.78, 5) is 0. The number of rotatable bonds is 5. The predicted octanol–water partition coefficient (Wildman–Crippen LogP) is 2.87. The monoisotopic (exact) mass is 264 g/mol. The second kappa shape index (κ2) is 5.93. The Morgan fingerprint density at radius 3 is 2.53 bits per heavy atom. The van der Waals surface area contributed by atoms with Crippen LogP contribution in [0.15, 0.2) is 18.2 Å². The van der Waals surface area contributed by atoms with E-state index in [1.54, 1.807) is 14.2 Å². The highest BCUT2D eigenvalue weighted by Crippen LogP contribution is 2.37. The van der Waals surface area contributed by atoms with Crippen molar-refractivity contribution < 1.29 is 14.6 Å². The first kappa shape index (κ1) is 14.4. The van der Waals surface area contributed by atoms with Gasteiger partial charge in [-0.05, 0) is 31.4 Å². The minimum atomic E-state index is -0.476. The molecule has 0 amide bonds. The number of aliphatic hydroxyl groups is 1. The van der Waals surface area contributed by atoms with Gasteiger partial charge in [-0.3, -0.25) is 0 Å². The van der Waals surface area contributed by atoms with Crippen LogP contribution >= 0.6 is 0 Å². The molecule has 1 saturated carbocycles. The van der Waals surface area contributed by atoms with Crippen molar-refractivity contribution in [3.8, 4) is 5.75 Å². The summed E-state index contributed by atoms with van der Waals surface area (Å²) in [6.45, 7) is 2.05. The zero-order valence-corrected chi connectivity index (χ0v) is 12.1. The summed E-state index contributed by atoms with van der Waals surface area (Å²) in [7, 11) is 3.38. The molecule has 106 valence electrons. The van der Waals surface area contributed by atoms with E-state index >= 15 is 0 Å². The summed E-state index contributed by atoms with van der Waals surface area (Å²) >= 11 is 0. The van der Waals surface area contributed by atoms with Crippen molar-refractivity contribution in [1.82, 2.24) is 0 Å². The first-order valence-corrected chi connectivity index (χ1v) is 6.98. The quantitative estimate of drug-likeness (QED) is 0.888. The Kier molecular flexibility index (Phi) is 4.48. The number of methoxy groups -OCH3 is 2. The van der Waals surface area contributed by atoms with Crippen LogP contribution in [-0.2, 0) is 11.2 Å². The van der Waals surface area contributed by atoms with Crippen LogP contribution in [0.2, 0.25) is 0 Å². The van der Waals surface area contributed by atoms with Gasteiger partial charge in [0, 0.05) is 13.5 Å². The van der Waals surface area contributed by atoms with E-state index in [1.807, 2.05) is 12.1 Å². The van der Waals surface area contributed by atoms with Gasteiger partial charge in [0.2, 0.25) is 0 Å². The van der Waals surface area contributed by atoms with Crippen LogP contribution in [0, 0.1) is 6.92 Å². The fraction of sp³-hybridized carbons (Fsp3) is 0.625. The molecular weight excluding hydrogens is 240 g/mol. The molecule has 1 aliphatic carbocycles. The SMILES string of the molecule is COc1ccc(C)cc1CC(O)C1(OC)CCCC1. The van der Waals surface area contributed by atoms with E-state index in [9.17, 15) is 5.11 Å². The third-order valence-electron chi connectivity index (χ3n) is 4.31. The highest BCUT2D eigenvalue weighted by Gasteiger charge is 2.40. The van der Waals surface area contributed by atoms with Gasteiger partial charge in [0.1, 0.15) is 5.75 Å². The Morgan fingerprint density at radius 1 is 1.26 bits per heavy atom. The van der Waals surface area contributed by atoms with E-state index < -0.39 is 6.10 Å². The van der Waals surface area contributed by atoms with Gasteiger partial charge in [-0.15, -0.1) is 0 Å². The maximum atomic E-state index is 10.6. The van der Waals surface area contributed by atoms with Crippen LogP contribution in [-0.4, -0.2) is 31.0 Å². The molecule has 0 bridgehead atoms. The normalized spacial score (nSPS) is 19.4. The predicted molar refractivity (Wildman–Crippen MR) is 75.6 cm³/mol. The largest absolute Gasteiger partial charge is 0.496 e. The maximum Gasteiger partial charge on any atom is 0.122 e. The fourth-order valence-corrected chi connectivity index (χ4v) is 3.11. The Balaban J connectivity index is 2.18. The molecule has 0 radical (unpaired) electrons. The second-order valence-corrected chi connectivity index (χ2v) is 5.51. The minimum Gasteiger partial charge on any atom is -0.496 e. The molecule has 0 saturated heterocycles. The highest BCUT2D eigenvalue weighted by molar-refractivity contribution is 5.37. The topological polar surface area (TPSA) is 38.7 Å². The third-order valence-corrected chi connectivity index (χ3v) is 4.31. The first-order chi connectivity index (χ1) is 9.11. The van der Waals surface area contributed by atoms with E-state index in [0.29, 0.717) is 6.42 Å². The van der Waals surface area contributed by atoms with Gasteiger partial charge in [-0.2, -0.15) is 0 Å². The van der Waals surface area contributed by atoms with Crippen molar-refractivity contribution in [3.05, 3.63) is 29.3 Å². The lowest BCUT2D eigenvalue weighted by atomic mass is 9.89. The highest BCUT2D eigenvalue weighted by atomic mass is 16.5. The van der Waals surface area contributed by atoms with Crippen molar-refractivity contribution in [2.75, 3.05) is 14.2 Å². The van der Waals surface area contributed by atoms with Gasteiger partial charge in [-0.1, -0.05) is 30.5 Å². The van der Waals surface area contributed by atoms with Crippen LogP contribution in [0.5, 0.6) is 5.75 Å². The summed E-state index contributed by atoms with van der Waals surface area (Å²) in [5.41, 5.74) is 1.87. The Bertz CT molecular complexity index is 422. The van der Waals surface area contributed by atoms with Crippen LogP contribution < -0.4 is 4.74 Å². The van der Waals surface area contributed by atoms with Crippen molar-refractivity contribution in [2.24, 2.45) is 0 Å². The van der Waals surface area contributed by atoms with E-state index in [1.165, 1.54) is 5.56 Å². The Morgan fingerprint density at radius 2 is 1.95 bits per heavy atom. The minimum absolute atomic E-state index is 0.366. The van der Waals surface area contributed by atoms with Crippen molar-refractivity contribution in [3.63, 3.8) is 0 Å². The standard InChI is InChI=1S/C16H24O3/c1-12-6-7-14(18-2)13(10-12)11-15(17)16(19-3)8-4-5-9-16/h6-7,10,15,17H,4-5,8-9,11H2,1-3H3. The van der Waals surface area contributed by atoms with Gasteiger partial charge in [-0.25, -0.2) is 0 Å². The Labute approximate surface area is 115 Å². The molecular formula is C16H24O3. The van der Waals surface area contributed by atoms with E-state index in [-0.39, 0.29) is 5.60 Å². The van der Waals surface area contributed by atoms with Crippen molar-refractivity contribution in [2.45, 2.75) is 50.7 Å². The fourth-order valence-electron chi connectivity index (χ4n) is 3.11. The van der Waals surface area contributed by atoms with Crippen molar-refractivity contribution >= 4 is 0 Å². The number of hydrogen-bond acceptors (Lipinski definition) is 3. The summed E-state index contributed by atoms with van der Waals surface area (Å²) < 4.78 is 11.0. The zero-order chi connectivity index (χ0) is 13.9. The van der Waals surface area contributed by atoms with Crippen LogP contribution in [0.1, 0.15) is 36.8 Å².